The van der Waals surface area contributed by atoms with Gasteiger partial charge in [-0.25, -0.2) is 8.42 Å². The third-order valence-electron chi connectivity index (χ3n) is 5.47. The molecule has 29 heavy (non-hydrogen) atoms. The Balaban J connectivity index is 3.23. The molecule has 0 bridgehead atoms. The summed E-state index contributed by atoms with van der Waals surface area (Å²) in [5, 5.41) is -0.869. The Kier molecular flexibility index (Phi) is 8.31. The predicted molar refractivity (Wildman–Crippen MR) is 118 cm³/mol. The van der Waals surface area contributed by atoms with Gasteiger partial charge in [-0.1, -0.05) is 52.3 Å². The SMILES string of the molecule is Cc1ccc(S(=O)(=O)C(=[N+]=[N-])C(=O)[C@H](CO[Si](C)(C)C(C)(C)C)CC(C)C)cc1. The predicted octanol–water partition coefficient (Wildman–Crippen LogP) is 4.65. The fraction of sp³-hybridized carbons (Fsp3) is 0.619. The van der Waals surface area contributed by atoms with E-state index >= 15 is 0 Å². The summed E-state index contributed by atoms with van der Waals surface area (Å²) in [4.78, 5) is 16.0. The third kappa shape index (κ3) is 6.44. The van der Waals surface area contributed by atoms with E-state index < -0.39 is 34.9 Å². The molecule has 0 N–H and O–H groups in total. The van der Waals surface area contributed by atoms with Gasteiger partial charge < -0.3 is 9.96 Å². The number of rotatable bonds is 8. The average Bonchev–Trinajstić information content (AvgIpc) is 2.58. The number of hydrogen-bond donors (Lipinski definition) is 0. The van der Waals surface area contributed by atoms with Gasteiger partial charge in [0.05, 0.1) is 10.8 Å². The first-order valence-corrected chi connectivity index (χ1v) is 14.2. The average molecular weight is 439 g/mol. The minimum atomic E-state index is -4.22. The van der Waals surface area contributed by atoms with E-state index in [0.29, 0.717) is 6.42 Å². The van der Waals surface area contributed by atoms with Gasteiger partial charge in [0.1, 0.15) is 0 Å². The minimum absolute atomic E-state index is 0.0414. The second-order valence-electron chi connectivity index (χ2n) is 9.48. The first-order valence-electron chi connectivity index (χ1n) is 9.85. The van der Waals surface area contributed by atoms with E-state index in [2.05, 4.69) is 38.7 Å². The van der Waals surface area contributed by atoms with E-state index in [1.165, 1.54) is 12.1 Å². The van der Waals surface area contributed by atoms with Crippen LogP contribution in [-0.4, -0.2) is 39.0 Å². The van der Waals surface area contributed by atoms with Gasteiger partial charge in [0.2, 0.25) is 0 Å². The molecule has 0 radical (unpaired) electrons. The number of Topliss-reactive ketones (excluding diaryl/α,β-unsaturated/α-hetero) is 1. The summed E-state index contributed by atoms with van der Waals surface area (Å²) in [7, 11) is -6.35. The maximum Gasteiger partial charge on any atom is 0.452 e. The number of sulfone groups is 1. The zero-order valence-electron chi connectivity index (χ0n) is 18.8. The molecule has 0 fully saturated rings. The van der Waals surface area contributed by atoms with Crippen molar-refractivity contribution < 1.29 is 22.4 Å². The van der Waals surface area contributed by atoms with Gasteiger partial charge in [-0.05, 0) is 49.5 Å². The van der Waals surface area contributed by atoms with Crippen LogP contribution in [0.5, 0.6) is 0 Å². The molecule has 0 aliphatic carbocycles. The van der Waals surface area contributed by atoms with Crippen molar-refractivity contribution in [1.82, 2.24) is 0 Å². The lowest BCUT2D eigenvalue weighted by Gasteiger charge is -2.37. The zero-order valence-corrected chi connectivity index (χ0v) is 20.6. The molecule has 0 aliphatic rings. The fourth-order valence-electron chi connectivity index (χ4n) is 2.58. The molecule has 0 spiro atoms. The largest absolute Gasteiger partial charge is 0.452 e. The Morgan fingerprint density at radius 1 is 1.17 bits per heavy atom. The standard InChI is InChI=1S/C21H34N2O4SSi/c1-15(2)13-17(14-27-29(7,8)21(4,5)6)19(24)20(23-22)28(25,26)18-11-9-16(3)10-12-18/h9-12,15,17H,13-14H2,1-8H3/t17-/m0/s1. The highest BCUT2D eigenvalue weighted by Crippen LogP contribution is 2.37. The molecule has 162 valence electrons. The summed E-state index contributed by atoms with van der Waals surface area (Å²) in [6.07, 6.45) is 0.440. The highest BCUT2D eigenvalue weighted by molar-refractivity contribution is 8.08. The summed E-state index contributed by atoms with van der Waals surface area (Å²) >= 11 is 0. The number of carbonyl (C=O) groups is 1. The van der Waals surface area contributed by atoms with Crippen LogP contribution in [-0.2, 0) is 19.1 Å². The maximum atomic E-state index is 13.1. The van der Waals surface area contributed by atoms with E-state index in [1.807, 2.05) is 20.8 Å². The molecule has 0 aliphatic heterocycles. The second-order valence-corrected chi connectivity index (χ2v) is 16.2. The van der Waals surface area contributed by atoms with Crippen molar-refractivity contribution in [3.63, 3.8) is 0 Å². The summed E-state index contributed by atoms with van der Waals surface area (Å²) in [6, 6.07) is 6.09. The lowest BCUT2D eigenvalue weighted by Crippen LogP contribution is -2.44. The number of nitrogens with zero attached hydrogens (tertiary/aromatic N) is 2. The van der Waals surface area contributed by atoms with Crippen LogP contribution >= 0.6 is 0 Å². The van der Waals surface area contributed by atoms with Gasteiger partial charge in [0.15, 0.2) is 8.32 Å². The van der Waals surface area contributed by atoms with Crippen LogP contribution in [0.3, 0.4) is 0 Å². The zero-order chi connectivity index (χ0) is 22.6. The minimum Gasteiger partial charge on any atom is -0.416 e. The molecule has 8 heteroatoms. The number of ketones is 1. The molecule has 6 nitrogen and oxygen atoms in total. The smallest absolute Gasteiger partial charge is 0.416 e. The number of benzene rings is 1. The van der Waals surface area contributed by atoms with E-state index in [9.17, 15) is 18.7 Å². The molecule has 1 aromatic rings. The normalized spacial score (nSPS) is 13.8. The van der Waals surface area contributed by atoms with E-state index in [-0.39, 0.29) is 22.5 Å². The van der Waals surface area contributed by atoms with Crippen molar-refractivity contribution in [3.8, 4) is 0 Å². The summed E-state index contributed by atoms with van der Waals surface area (Å²) < 4.78 is 32.0. The number of hydrogen-bond acceptors (Lipinski definition) is 4. The maximum absolute atomic E-state index is 13.1. The third-order valence-corrected chi connectivity index (χ3v) is 11.7. The van der Waals surface area contributed by atoms with Gasteiger partial charge in [0.25, 0.3) is 15.6 Å². The van der Waals surface area contributed by atoms with Gasteiger partial charge >= 0.3 is 5.04 Å². The Morgan fingerprint density at radius 2 is 1.69 bits per heavy atom. The van der Waals surface area contributed by atoms with Crippen molar-refractivity contribution in [1.29, 1.82) is 0 Å². The van der Waals surface area contributed by atoms with Crippen molar-refractivity contribution >= 4 is 29.0 Å². The van der Waals surface area contributed by atoms with Crippen molar-refractivity contribution in [2.75, 3.05) is 6.61 Å². The van der Waals surface area contributed by atoms with Gasteiger partial charge in [-0.2, -0.15) is 0 Å². The van der Waals surface area contributed by atoms with Crippen molar-refractivity contribution in [3.05, 3.63) is 35.4 Å². The Morgan fingerprint density at radius 3 is 2.10 bits per heavy atom. The van der Waals surface area contributed by atoms with Crippen molar-refractivity contribution in [2.45, 2.75) is 71.0 Å². The molecule has 0 saturated carbocycles. The van der Waals surface area contributed by atoms with Crippen LogP contribution in [0.25, 0.3) is 5.53 Å². The molecular formula is C21H34N2O4SSi. The van der Waals surface area contributed by atoms with Gasteiger partial charge in [0, 0.05) is 6.61 Å². The van der Waals surface area contributed by atoms with Gasteiger partial charge in [-0.15, -0.1) is 4.79 Å². The molecule has 0 saturated heterocycles. The van der Waals surface area contributed by atoms with Crippen LogP contribution < -0.4 is 0 Å². The quantitative estimate of drug-likeness (QED) is 0.194. The summed E-state index contributed by atoms with van der Waals surface area (Å²) in [5.74, 6) is -1.26. The number of aryl methyl sites for hydroxylation is 1. The van der Waals surface area contributed by atoms with Crippen LogP contribution in [0, 0.1) is 18.8 Å². The van der Waals surface area contributed by atoms with E-state index in [4.69, 9.17) is 4.43 Å². The lowest BCUT2D eigenvalue weighted by atomic mass is 9.94. The van der Waals surface area contributed by atoms with E-state index in [0.717, 1.165) is 5.56 Å². The molecule has 1 atom stereocenters. The highest BCUT2D eigenvalue weighted by atomic mass is 32.2. The lowest BCUT2D eigenvalue weighted by molar-refractivity contribution is -0.121. The first-order chi connectivity index (χ1) is 13.1. The van der Waals surface area contributed by atoms with Gasteiger partial charge in [-0.3, -0.25) is 4.79 Å². The molecule has 0 heterocycles. The second kappa shape index (κ2) is 9.47. The Bertz CT molecular complexity index is 878. The topological polar surface area (TPSA) is 96.8 Å². The van der Waals surface area contributed by atoms with Crippen LogP contribution in [0.4, 0.5) is 0 Å². The molecule has 0 amide bonds. The fourth-order valence-corrected chi connectivity index (χ4v) is 4.89. The monoisotopic (exact) mass is 438 g/mol. The number of carbonyl (C=O) groups excluding carboxylic acids is 1. The Labute approximate surface area is 176 Å². The molecular weight excluding hydrogens is 404 g/mol. The molecule has 0 aromatic heterocycles. The first kappa shape index (κ1) is 25.4. The van der Waals surface area contributed by atoms with Crippen molar-refractivity contribution in [2.24, 2.45) is 11.8 Å². The summed E-state index contributed by atoms with van der Waals surface area (Å²) in [5.41, 5.74) is 10.3. The molecule has 1 rings (SSSR count). The molecule has 0 unspecified atom stereocenters. The van der Waals surface area contributed by atoms with E-state index in [1.54, 1.807) is 12.1 Å². The van der Waals surface area contributed by atoms with Crippen LogP contribution in [0.1, 0.15) is 46.6 Å². The molecule has 1 aromatic carbocycles. The summed E-state index contributed by atoms with van der Waals surface area (Å²) in [6.45, 7) is 16.3. The highest BCUT2D eigenvalue weighted by Gasteiger charge is 2.43. The van der Waals surface area contributed by atoms with Crippen LogP contribution in [0.2, 0.25) is 18.1 Å². The Hall–Kier alpha value is -1.60. The van der Waals surface area contributed by atoms with Crippen LogP contribution in [0.15, 0.2) is 29.2 Å².